The van der Waals surface area contributed by atoms with E-state index in [9.17, 15) is 32.4 Å². The van der Waals surface area contributed by atoms with E-state index in [1.807, 2.05) is 0 Å². The molecule has 3 N–H and O–H groups in total. The highest BCUT2D eigenvalue weighted by molar-refractivity contribution is 7.90. The van der Waals surface area contributed by atoms with Gasteiger partial charge in [0.2, 0.25) is 20.9 Å². The van der Waals surface area contributed by atoms with Crippen LogP contribution in [0.4, 0.5) is 5.69 Å². The Kier molecular flexibility index (Phi) is 21.2. The highest BCUT2D eigenvalue weighted by atomic mass is 32.2. The molecule has 0 spiro atoms. The summed E-state index contributed by atoms with van der Waals surface area (Å²) in [6.45, 7) is 6.20. The first-order valence-electron chi connectivity index (χ1n) is 18.6. The molecule has 2 aromatic rings. The number of carbonyl (C=O) groups excluding carboxylic acids is 5. The Balaban J connectivity index is 1.58. The van der Waals surface area contributed by atoms with Gasteiger partial charge in [-0.3, -0.25) is 24.0 Å². The number of nitrogens with one attached hydrogen (secondary N) is 1. The van der Waals surface area contributed by atoms with Crippen molar-refractivity contribution < 1.29 is 46.6 Å². The molecule has 2 rings (SSSR count). The lowest BCUT2D eigenvalue weighted by molar-refractivity contribution is -0.154. The molecule has 302 valence electrons. The number of nitrogens with two attached hydrogens (primary N) is 1. The van der Waals surface area contributed by atoms with Gasteiger partial charge < -0.3 is 25.3 Å². The van der Waals surface area contributed by atoms with Crippen molar-refractivity contribution in [2.75, 3.05) is 44.5 Å². The van der Waals surface area contributed by atoms with Gasteiger partial charge in [0.25, 0.3) is 0 Å². The Bertz CT molecular complexity index is 1710. The number of sulfone groups is 1. The zero-order valence-electron chi connectivity index (χ0n) is 32.5. The van der Waals surface area contributed by atoms with Crippen molar-refractivity contribution in [3.05, 3.63) is 47.8 Å². The zero-order valence-corrected chi connectivity index (χ0v) is 33.3. The average molecular weight is 785 g/mol. The maximum Gasteiger partial charge on any atom is 0.311 e. The summed E-state index contributed by atoms with van der Waals surface area (Å²) in [7, 11) is -3.46. The van der Waals surface area contributed by atoms with Crippen LogP contribution < -0.4 is 11.1 Å². The van der Waals surface area contributed by atoms with Crippen LogP contribution in [0.5, 0.6) is 0 Å². The Labute approximate surface area is 325 Å². The fourth-order valence-corrected chi connectivity index (χ4v) is 5.41. The maximum atomic E-state index is 13.1. The maximum absolute atomic E-state index is 13.1. The number of ketones is 3. The topological polar surface area (TPSA) is 211 Å². The van der Waals surface area contributed by atoms with E-state index in [0.29, 0.717) is 82.4 Å². The molecule has 1 aromatic carbocycles. The fraction of sp³-hybridized carbons (Fsp3) is 0.575. The number of amides is 1. The molecule has 0 aliphatic carbocycles. The summed E-state index contributed by atoms with van der Waals surface area (Å²) in [5.41, 5.74) is 6.85. The van der Waals surface area contributed by atoms with Crippen molar-refractivity contribution in [1.29, 1.82) is 0 Å². The number of aromatic nitrogens is 2. The highest BCUT2D eigenvalue weighted by Crippen LogP contribution is 2.20. The molecule has 14 nitrogen and oxygen atoms in total. The second-order valence-corrected chi connectivity index (χ2v) is 16.2. The summed E-state index contributed by atoms with van der Waals surface area (Å²) in [5, 5.41) is 2.61. The lowest BCUT2D eigenvalue weighted by Gasteiger charge is -2.17. The molecule has 0 radical (unpaired) electrons. The fourth-order valence-electron chi connectivity index (χ4n) is 4.92. The van der Waals surface area contributed by atoms with Gasteiger partial charge in [-0.05, 0) is 77.1 Å². The zero-order chi connectivity index (χ0) is 40.7. The van der Waals surface area contributed by atoms with Gasteiger partial charge >= 0.3 is 5.97 Å². The molecule has 0 aliphatic rings. The van der Waals surface area contributed by atoms with Gasteiger partial charge in [0.1, 0.15) is 25.6 Å². The molecule has 0 fully saturated rings. The second kappa shape index (κ2) is 24.9. The van der Waals surface area contributed by atoms with Gasteiger partial charge in [-0.25, -0.2) is 18.4 Å². The smallest absolute Gasteiger partial charge is 0.311 e. The predicted molar refractivity (Wildman–Crippen MR) is 206 cm³/mol. The summed E-state index contributed by atoms with van der Waals surface area (Å²) in [6, 6.07) is 6.95. The normalized spacial score (nSPS) is 11.9. The monoisotopic (exact) mass is 784 g/mol. The molecule has 0 saturated heterocycles. The number of unbranched alkanes of at least 4 members (excludes halogenated alkanes) is 2. The number of Topliss-reactive ketones (excluding diaryl/α,β-unsaturated/α-hetero) is 3. The van der Waals surface area contributed by atoms with Gasteiger partial charge in [-0.15, -0.1) is 0 Å². The molecule has 1 atom stereocenters. The van der Waals surface area contributed by atoms with Crippen LogP contribution >= 0.6 is 0 Å². The van der Waals surface area contributed by atoms with E-state index in [1.165, 1.54) is 12.4 Å². The van der Waals surface area contributed by atoms with Crippen molar-refractivity contribution in [1.82, 2.24) is 9.97 Å². The van der Waals surface area contributed by atoms with Crippen LogP contribution in [0.25, 0.3) is 0 Å². The van der Waals surface area contributed by atoms with Crippen LogP contribution in [0, 0.1) is 23.2 Å². The minimum Gasteiger partial charge on any atom is -0.460 e. The average Bonchev–Trinajstić information content (AvgIpc) is 3.13. The summed E-state index contributed by atoms with van der Waals surface area (Å²) >= 11 is 0. The third-order valence-electron chi connectivity index (χ3n) is 8.02. The Hall–Kier alpha value is -4.36. The molecular formula is C40H56N4O10S. The predicted octanol–water partition coefficient (Wildman–Crippen LogP) is 4.57. The number of anilines is 1. The minimum atomic E-state index is -3.46. The van der Waals surface area contributed by atoms with E-state index in [4.69, 9.17) is 19.9 Å². The SMILES string of the molecule is CC(C)(C)C(=O)OCc1ccc(NC(=O)[C@H](CCCCN)CC(=O)COCC(=O)CCCOCCCC(=O)CCCC#Cc2cnc(S(C)(=O)=O)nc2)cc1. The van der Waals surface area contributed by atoms with Crippen LogP contribution in [0.3, 0.4) is 0 Å². The van der Waals surface area contributed by atoms with E-state index in [2.05, 4.69) is 27.1 Å². The molecule has 0 unspecified atom stereocenters. The van der Waals surface area contributed by atoms with E-state index in [-0.39, 0.29) is 67.0 Å². The third-order valence-corrected chi connectivity index (χ3v) is 8.89. The highest BCUT2D eigenvalue weighted by Gasteiger charge is 2.24. The molecule has 0 aliphatic heterocycles. The van der Waals surface area contributed by atoms with Gasteiger partial charge in [0.15, 0.2) is 11.6 Å². The number of nitrogens with zero attached hydrogens (tertiary/aromatic N) is 2. The number of hydrogen-bond acceptors (Lipinski definition) is 13. The van der Waals surface area contributed by atoms with Crippen LogP contribution in [0.15, 0.2) is 41.8 Å². The van der Waals surface area contributed by atoms with E-state index >= 15 is 0 Å². The summed E-state index contributed by atoms with van der Waals surface area (Å²) in [5.74, 6) is 4.26. The lowest BCUT2D eigenvalue weighted by atomic mass is 9.95. The number of esters is 1. The molecule has 1 aromatic heterocycles. The molecule has 15 heteroatoms. The first kappa shape index (κ1) is 46.8. The van der Waals surface area contributed by atoms with E-state index < -0.39 is 21.2 Å². The van der Waals surface area contributed by atoms with Crippen molar-refractivity contribution in [2.45, 2.75) is 103 Å². The van der Waals surface area contributed by atoms with Gasteiger partial charge in [0.05, 0.1) is 11.0 Å². The van der Waals surface area contributed by atoms with E-state index in [1.54, 1.807) is 45.0 Å². The molecule has 1 heterocycles. The number of benzene rings is 1. The number of carbonyl (C=O) groups is 5. The largest absolute Gasteiger partial charge is 0.460 e. The van der Waals surface area contributed by atoms with Crippen molar-refractivity contribution in [3.8, 4) is 11.8 Å². The summed E-state index contributed by atoms with van der Waals surface area (Å²) in [6.07, 6.45) is 8.75. The number of rotatable bonds is 26. The molecule has 1 amide bonds. The Morgan fingerprint density at radius 3 is 2.07 bits per heavy atom. The molecule has 0 bridgehead atoms. The quantitative estimate of drug-likeness (QED) is 0.0581. The molecule has 0 saturated carbocycles. The van der Waals surface area contributed by atoms with Crippen molar-refractivity contribution in [2.24, 2.45) is 17.1 Å². The van der Waals surface area contributed by atoms with Crippen LogP contribution in [0.2, 0.25) is 0 Å². The summed E-state index contributed by atoms with van der Waals surface area (Å²) < 4.78 is 39.1. The van der Waals surface area contributed by atoms with Crippen LogP contribution in [-0.2, 0) is 54.6 Å². The van der Waals surface area contributed by atoms with E-state index in [0.717, 1.165) is 18.2 Å². The standard InChI is InChI=1S/C40H56N4O10S/c1-40(2,3)38(49)54-27-30-17-19-33(20-18-30)44-37(48)32(13-8-9-21-41)24-36(47)29-53-28-35(46)16-11-23-52-22-10-15-34(45)14-7-5-6-12-31-25-42-39(43-26-31)55(4,50)51/h17-20,25-26,32H,5,7-11,13-16,21-24,27-29,41H2,1-4H3,(H,44,48)/t32-/m1/s1. The van der Waals surface area contributed by atoms with Crippen molar-refractivity contribution in [3.63, 3.8) is 0 Å². The second-order valence-electron chi connectivity index (χ2n) is 14.3. The summed E-state index contributed by atoms with van der Waals surface area (Å²) in [4.78, 5) is 69.8. The first-order chi connectivity index (χ1) is 26.1. The number of hydrogen-bond donors (Lipinski definition) is 2. The van der Waals surface area contributed by atoms with Gasteiger partial charge in [-0.2, -0.15) is 0 Å². The van der Waals surface area contributed by atoms with Crippen LogP contribution in [-0.4, -0.2) is 86.8 Å². The van der Waals surface area contributed by atoms with Gasteiger partial charge in [0, 0.05) is 75.6 Å². The molecule has 55 heavy (non-hydrogen) atoms. The Morgan fingerprint density at radius 2 is 1.45 bits per heavy atom. The van der Waals surface area contributed by atoms with Gasteiger partial charge in [-0.1, -0.05) is 30.4 Å². The number of ether oxygens (including phenoxy) is 3. The Morgan fingerprint density at radius 1 is 0.836 bits per heavy atom. The van der Waals surface area contributed by atoms with Crippen molar-refractivity contribution >= 4 is 44.8 Å². The van der Waals surface area contributed by atoms with Crippen LogP contribution in [0.1, 0.15) is 103 Å². The third kappa shape index (κ3) is 20.8. The molecular weight excluding hydrogens is 729 g/mol. The first-order valence-corrected chi connectivity index (χ1v) is 20.5. The lowest BCUT2D eigenvalue weighted by Crippen LogP contribution is -2.27. The minimum absolute atomic E-state index is 0.0307.